The number of nitrogens with one attached hydrogen (secondary N) is 1. The molecule has 1 saturated heterocycles. The van der Waals surface area contributed by atoms with Crippen molar-refractivity contribution in [3.8, 4) is 17.4 Å². The number of hydrogen-bond acceptors (Lipinski definition) is 7. The average Bonchev–Trinajstić information content (AvgIpc) is 3.18. The van der Waals surface area contributed by atoms with Crippen molar-refractivity contribution in [1.82, 2.24) is 19.7 Å². The van der Waals surface area contributed by atoms with Crippen LogP contribution in [0.25, 0.3) is 0 Å². The lowest BCUT2D eigenvalue weighted by molar-refractivity contribution is 0.0602. The highest BCUT2D eigenvalue weighted by atomic mass is 35.5. The van der Waals surface area contributed by atoms with Gasteiger partial charge in [-0.25, -0.2) is 4.98 Å². The molecule has 1 aliphatic rings. The van der Waals surface area contributed by atoms with Gasteiger partial charge >= 0.3 is 0 Å². The highest BCUT2D eigenvalue weighted by Crippen LogP contribution is 2.32. The van der Waals surface area contributed by atoms with E-state index in [2.05, 4.69) is 15.4 Å². The summed E-state index contributed by atoms with van der Waals surface area (Å²) in [5, 5.41) is 16.8. The second kappa shape index (κ2) is 10.3. The molecule has 184 valence electrons. The van der Waals surface area contributed by atoms with E-state index in [1.807, 2.05) is 0 Å². The number of carbonyl (C=O) groups is 2. The lowest BCUT2D eigenvalue weighted by Gasteiger charge is -2.30. The number of aliphatic hydroxyl groups is 1. The third-order valence-electron chi connectivity index (χ3n) is 5.51. The van der Waals surface area contributed by atoms with Gasteiger partial charge in [0.1, 0.15) is 22.6 Å². The minimum absolute atomic E-state index is 0.0728. The summed E-state index contributed by atoms with van der Waals surface area (Å²) in [6.45, 7) is 4.75. The largest absolute Gasteiger partial charge is 0.488 e. The first kappa shape index (κ1) is 24.5. The molecule has 1 aromatic carbocycles. The molecule has 0 aliphatic carbocycles. The molecule has 1 aliphatic heterocycles. The number of pyridine rings is 1. The molecule has 2 N–H and O–H groups in total. The molecule has 2 atom stereocenters. The van der Waals surface area contributed by atoms with Gasteiger partial charge in [0.15, 0.2) is 5.82 Å². The first-order chi connectivity index (χ1) is 16.7. The van der Waals surface area contributed by atoms with Crippen LogP contribution in [0.1, 0.15) is 41.0 Å². The molecule has 2 aromatic heterocycles. The topological polar surface area (TPSA) is 119 Å². The lowest BCUT2D eigenvalue weighted by atomic mass is 10.1. The summed E-state index contributed by atoms with van der Waals surface area (Å²) in [6.07, 6.45) is 2.82. The van der Waals surface area contributed by atoms with Crippen molar-refractivity contribution in [1.29, 1.82) is 0 Å². The second-order valence-electron chi connectivity index (χ2n) is 8.34. The van der Waals surface area contributed by atoms with Crippen molar-refractivity contribution in [2.24, 2.45) is 7.05 Å². The van der Waals surface area contributed by atoms with Crippen molar-refractivity contribution >= 4 is 29.2 Å². The number of benzene rings is 1. The molecule has 0 spiro atoms. The van der Waals surface area contributed by atoms with Gasteiger partial charge < -0.3 is 24.8 Å². The SMILES string of the molecule is CC(O)C(C)Oc1cc(Oc2ncc(C(=O)N3CCC3)cc2Cl)cc(C(=O)Nc2ccn(C)n2)c1. The molecule has 10 nitrogen and oxygen atoms in total. The van der Waals surface area contributed by atoms with Crippen LogP contribution in [-0.4, -0.2) is 61.9 Å². The zero-order chi connectivity index (χ0) is 25.1. The number of ether oxygens (including phenoxy) is 2. The predicted molar refractivity (Wildman–Crippen MR) is 129 cm³/mol. The molecular formula is C24H26ClN5O5. The van der Waals surface area contributed by atoms with Gasteiger partial charge in [0, 0.05) is 50.2 Å². The standard InChI is InChI=1S/C24H26ClN5O5/c1-14(31)15(2)34-18-9-16(22(32)27-21-5-8-29(3)28-21)10-19(12-18)35-23-20(25)11-17(13-26-23)24(33)30-6-4-7-30/h5,8-15,31H,4,6-7H2,1-3H3,(H,27,28,32). The fraction of sp³-hybridized carbons (Fsp3) is 0.333. The van der Waals surface area contributed by atoms with Crippen molar-refractivity contribution < 1.29 is 24.2 Å². The third-order valence-corrected chi connectivity index (χ3v) is 5.78. The van der Waals surface area contributed by atoms with Gasteiger partial charge in [-0.1, -0.05) is 11.6 Å². The minimum Gasteiger partial charge on any atom is -0.488 e. The quantitative estimate of drug-likeness (QED) is 0.486. The van der Waals surface area contributed by atoms with Crippen molar-refractivity contribution in [2.45, 2.75) is 32.5 Å². The molecule has 3 heterocycles. The molecule has 0 bridgehead atoms. The molecule has 0 radical (unpaired) electrons. The third kappa shape index (κ3) is 5.90. The number of rotatable bonds is 8. The van der Waals surface area contributed by atoms with Crippen LogP contribution >= 0.6 is 11.6 Å². The normalized spacial score (nSPS) is 14.6. The number of carbonyl (C=O) groups excluding carboxylic acids is 2. The fourth-order valence-corrected chi connectivity index (χ4v) is 3.45. The van der Waals surface area contributed by atoms with E-state index in [1.165, 1.54) is 24.4 Å². The van der Waals surface area contributed by atoms with E-state index in [-0.39, 0.29) is 28.1 Å². The van der Waals surface area contributed by atoms with Gasteiger partial charge in [0.2, 0.25) is 5.88 Å². The Bertz CT molecular complexity index is 1240. The first-order valence-corrected chi connectivity index (χ1v) is 11.5. The van der Waals surface area contributed by atoms with Crippen LogP contribution in [0.5, 0.6) is 17.4 Å². The van der Waals surface area contributed by atoms with Crippen LogP contribution in [0.4, 0.5) is 5.82 Å². The Balaban J connectivity index is 1.59. The van der Waals surface area contributed by atoms with Crippen LogP contribution in [0.3, 0.4) is 0 Å². The maximum atomic E-state index is 12.9. The molecule has 35 heavy (non-hydrogen) atoms. The molecule has 2 unspecified atom stereocenters. The summed E-state index contributed by atoms with van der Waals surface area (Å²) < 4.78 is 13.2. The highest BCUT2D eigenvalue weighted by Gasteiger charge is 2.23. The summed E-state index contributed by atoms with van der Waals surface area (Å²) in [7, 11) is 1.74. The Morgan fingerprint density at radius 2 is 1.89 bits per heavy atom. The van der Waals surface area contributed by atoms with Gasteiger partial charge in [-0.2, -0.15) is 5.10 Å². The van der Waals surface area contributed by atoms with Crippen molar-refractivity contribution in [3.05, 3.63) is 58.9 Å². The molecule has 4 rings (SSSR count). The molecular weight excluding hydrogens is 474 g/mol. The van der Waals surface area contributed by atoms with Crippen molar-refractivity contribution in [2.75, 3.05) is 18.4 Å². The highest BCUT2D eigenvalue weighted by molar-refractivity contribution is 6.32. The number of aryl methyl sites for hydroxylation is 1. The summed E-state index contributed by atoms with van der Waals surface area (Å²) in [5.74, 6) is 0.441. The summed E-state index contributed by atoms with van der Waals surface area (Å²) in [5.41, 5.74) is 0.613. The van der Waals surface area contributed by atoms with Gasteiger partial charge in [0.05, 0.1) is 11.7 Å². The lowest BCUT2D eigenvalue weighted by Crippen LogP contribution is -2.42. The zero-order valence-corrected chi connectivity index (χ0v) is 20.3. The molecule has 11 heteroatoms. The summed E-state index contributed by atoms with van der Waals surface area (Å²) in [4.78, 5) is 31.2. The maximum absolute atomic E-state index is 12.9. The Morgan fingerprint density at radius 3 is 2.49 bits per heavy atom. The van der Waals surface area contributed by atoms with Gasteiger partial charge in [0.25, 0.3) is 11.8 Å². The predicted octanol–water partition coefficient (Wildman–Crippen LogP) is 3.51. The number of nitrogens with zero attached hydrogens (tertiary/aromatic N) is 4. The maximum Gasteiger partial charge on any atom is 0.257 e. The van der Waals surface area contributed by atoms with E-state index >= 15 is 0 Å². The smallest absolute Gasteiger partial charge is 0.257 e. The average molecular weight is 500 g/mol. The number of aromatic nitrogens is 3. The Labute approximate surface area is 207 Å². The van der Waals surface area contributed by atoms with Gasteiger partial charge in [-0.05, 0) is 38.5 Å². The first-order valence-electron chi connectivity index (χ1n) is 11.1. The van der Waals surface area contributed by atoms with E-state index in [1.54, 1.807) is 48.8 Å². The number of halogens is 1. The van der Waals surface area contributed by atoms with Crippen LogP contribution in [0.2, 0.25) is 5.02 Å². The molecule has 2 amide bonds. The summed E-state index contributed by atoms with van der Waals surface area (Å²) >= 11 is 6.35. The monoisotopic (exact) mass is 499 g/mol. The van der Waals surface area contributed by atoms with Crippen LogP contribution in [-0.2, 0) is 7.05 Å². The van der Waals surface area contributed by atoms with E-state index < -0.39 is 18.1 Å². The number of likely N-dealkylation sites (tertiary alicyclic amines) is 1. The van der Waals surface area contributed by atoms with Gasteiger partial charge in [-0.15, -0.1) is 0 Å². The Morgan fingerprint density at radius 1 is 1.14 bits per heavy atom. The van der Waals surface area contributed by atoms with Crippen LogP contribution < -0.4 is 14.8 Å². The van der Waals surface area contributed by atoms with Gasteiger partial charge in [-0.3, -0.25) is 14.3 Å². The van der Waals surface area contributed by atoms with Crippen molar-refractivity contribution in [3.63, 3.8) is 0 Å². The number of anilines is 1. The number of hydrogen-bond donors (Lipinski definition) is 2. The molecule has 1 fully saturated rings. The molecule has 3 aromatic rings. The van der Waals surface area contributed by atoms with E-state index in [4.69, 9.17) is 21.1 Å². The summed E-state index contributed by atoms with van der Waals surface area (Å²) in [6, 6.07) is 7.78. The number of amides is 2. The zero-order valence-electron chi connectivity index (χ0n) is 19.6. The van der Waals surface area contributed by atoms with E-state index in [0.29, 0.717) is 17.1 Å². The second-order valence-corrected chi connectivity index (χ2v) is 8.75. The molecule has 0 saturated carbocycles. The Hall–Kier alpha value is -3.63. The van der Waals surface area contributed by atoms with Crippen LogP contribution in [0, 0.1) is 0 Å². The number of aliphatic hydroxyl groups excluding tert-OH is 1. The fourth-order valence-electron chi connectivity index (χ4n) is 3.24. The Kier molecular flexibility index (Phi) is 7.23. The minimum atomic E-state index is -0.738. The van der Waals surface area contributed by atoms with E-state index in [0.717, 1.165) is 19.5 Å². The van der Waals surface area contributed by atoms with E-state index in [9.17, 15) is 14.7 Å². The van der Waals surface area contributed by atoms with Crippen LogP contribution in [0.15, 0.2) is 42.7 Å².